The molecule has 2 amide bonds. The van der Waals surface area contributed by atoms with Crippen LogP contribution in [0.4, 0.5) is 11.4 Å². The molecule has 1 N–H and O–H groups in total. The smallest absolute Gasteiger partial charge is 0.254 e. The van der Waals surface area contributed by atoms with E-state index < -0.39 is 0 Å². The van der Waals surface area contributed by atoms with Gasteiger partial charge in [-0.3, -0.25) is 9.59 Å². The van der Waals surface area contributed by atoms with Crippen LogP contribution in [0.3, 0.4) is 0 Å². The van der Waals surface area contributed by atoms with Gasteiger partial charge in [0, 0.05) is 43.5 Å². The summed E-state index contributed by atoms with van der Waals surface area (Å²) >= 11 is 0. The van der Waals surface area contributed by atoms with E-state index >= 15 is 0 Å². The van der Waals surface area contributed by atoms with Crippen molar-refractivity contribution < 1.29 is 14.0 Å². The molecule has 1 aromatic heterocycles. The van der Waals surface area contributed by atoms with Crippen LogP contribution in [-0.4, -0.2) is 30.8 Å². The molecule has 0 radical (unpaired) electrons. The molecule has 1 fully saturated rings. The van der Waals surface area contributed by atoms with E-state index in [0.717, 1.165) is 41.1 Å². The zero-order valence-corrected chi connectivity index (χ0v) is 18.8. The van der Waals surface area contributed by atoms with Crippen LogP contribution >= 0.6 is 0 Å². The molecule has 0 unspecified atom stereocenters. The molecule has 1 saturated carbocycles. The van der Waals surface area contributed by atoms with E-state index in [4.69, 9.17) is 4.42 Å². The number of aryl methyl sites for hydroxylation is 1. The third-order valence-electron chi connectivity index (χ3n) is 5.62. The summed E-state index contributed by atoms with van der Waals surface area (Å²) in [6.07, 6.45) is 3.52. The lowest BCUT2D eigenvalue weighted by Crippen LogP contribution is -2.31. The first-order valence-electron chi connectivity index (χ1n) is 10.9. The van der Waals surface area contributed by atoms with Gasteiger partial charge in [-0.1, -0.05) is 17.7 Å². The van der Waals surface area contributed by atoms with Crippen LogP contribution < -0.4 is 10.2 Å². The Labute approximate surface area is 188 Å². The Morgan fingerprint density at radius 2 is 1.84 bits per heavy atom. The molecule has 2 aromatic carbocycles. The number of rotatable bonds is 8. The van der Waals surface area contributed by atoms with Crippen molar-refractivity contribution >= 4 is 23.2 Å². The molecule has 6 nitrogen and oxygen atoms in total. The molecule has 0 atom stereocenters. The molecule has 1 aliphatic rings. The summed E-state index contributed by atoms with van der Waals surface area (Å²) < 4.78 is 5.54. The second-order valence-corrected chi connectivity index (χ2v) is 8.61. The summed E-state index contributed by atoms with van der Waals surface area (Å²) in [4.78, 5) is 29.5. The Balaban J connectivity index is 1.65. The van der Waals surface area contributed by atoms with Crippen molar-refractivity contribution in [2.45, 2.75) is 32.9 Å². The van der Waals surface area contributed by atoms with E-state index in [2.05, 4.69) is 5.32 Å². The normalized spacial score (nSPS) is 13.0. The van der Waals surface area contributed by atoms with E-state index in [1.54, 1.807) is 11.2 Å². The molecule has 0 saturated heterocycles. The zero-order valence-electron chi connectivity index (χ0n) is 18.8. The highest BCUT2D eigenvalue weighted by Crippen LogP contribution is 2.31. The summed E-state index contributed by atoms with van der Waals surface area (Å²) in [5, 5.41) is 3.02. The van der Waals surface area contributed by atoms with Crippen LogP contribution in [0.25, 0.3) is 0 Å². The third-order valence-corrected chi connectivity index (χ3v) is 5.62. The second-order valence-electron chi connectivity index (χ2n) is 8.61. The van der Waals surface area contributed by atoms with Crippen molar-refractivity contribution in [3.8, 4) is 0 Å². The largest absolute Gasteiger partial charge is 0.467 e. The summed E-state index contributed by atoms with van der Waals surface area (Å²) in [7, 11) is 3.95. The average molecular weight is 432 g/mol. The van der Waals surface area contributed by atoms with Crippen LogP contribution in [0.1, 0.15) is 40.1 Å². The van der Waals surface area contributed by atoms with Crippen molar-refractivity contribution in [2.75, 3.05) is 24.3 Å². The minimum absolute atomic E-state index is 0.0665. The van der Waals surface area contributed by atoms with Crippen molar-refractivity contribution in [3.63, 3.8) is 0 Å². The lowest BCUT2D eigenvalue weighted by atomic mass is 10.1. The van der Waals surface area contributed by atoms with Gasteiger partial charge in [-0.05, 0) is 67.8 Å². The van der Waals surface area contributed by atoms with E-state index in [0.29, 0.717) is 18.7 Å². The second kappa shape index (κ2) is 9.30. The highest BCUT2D eigenvalue weighted by atomic mass is 16.3. The number of anilines is 2. The Hall–Kier alpha value is -3.54. The van der Waals surface area contributed by atoms with Gasteiger partial charge in [0.15, 0.2) is 0 Å². The Morgan fingerprint density at radius 3 is 2.50 bits per heavy atom. The number of carbonyl (C=O) groups is 2. The fourth-order valence-electron chi connectivity index (χ4n) is 3.77. The van der Waals surface area contributed by atoms with Gasteiger partial charge in [0.05, 0.1) is 12.8 Å². The molecule has 32 heavy (non-hydrogen) atoms. The molecule has 1 heterocycles. The molecule has 1 aliphatic carbocycles. The van der Waals surface area contributed by atoms with Crippen LogP contribution in [0.5, 0.6) is 0 Å². The van der Waals surface area contributed by atoms with Crippen LogP contribution in [0.2, 0.25) is 0 Å². The Morgan fingerprint density at radius 1 is 1.03 bits per heavy atom. The van der Waals surface area contributed by atoms with Gasteiger partial charge in [0.25, 0.3) is 5.91 Å². The number of amides is 2. The zero-order chi connectivity index (χ0) is 22.7. The molecule has 4 rings (SSSR count). The first kappa shape index (κ1) is 21.7. The number of hydrogen-bond donors (Lipinski definition) is 1. The number of carbonyl (C=O) groups excluding carboxylic acids is 2. The number of benzene rings is 2. The topological polar surface area (TPSA) is 65.8 Å². The maximum atomic E-state index is 13.5. The predicted molar refractivity (Wildman–Crippen MR) is 126 cm³/mol. The van der Waals surface area contributed by atoms with Gasteiger partial charge in [-0.15, -0.1) is 0 Å². The Kier molecular flexibility index (Phi) is 6.30. The minimum atomic E-state index is -0.0674. The number of nitrogens with one attached hydrogen (secondary N) is 1. The standard InChI is InChI=1S/C26H29N3O3/c1-18-6-4-7-20(14-18)26(31)29(17-23-8-5-13-32-23)16-21-15-22(11-12-24(21)28(2)3)27-25(30)19-9-10-19/h4-8,11-15,19H,9-10,16-17H2,1-3H3,(H,27,30). The molecule has 0 aliphatic heterocycles. The predicted octanol–water partition coefficient (Wildman–Crippen LogP) is 4.85. The number of hydrogen-bond acceptors (Lipinski definition) is 4. The molecule has 6 heteroatoms. The van der Waals surface area contributed by atoms with E-state index in [1.807, 2.05) is 80.5 Å². The van der Waals surface area contributed by atoms with E-state index in [-0.39, 0.29) is 17.7 Å². The maximum Gasteiger partial charge on any atom is 0.254 e. The Bertz CT molecular complexity index is 1100. The lowest BCUT2D eigenvalue weighted by molar-refractivity contribution is -0.117. The van der Waals surface area contributed by atoms with Crippen molar-refractivity contribution in [1.29, 1.82) is 0 Å². The SMILES string of the molecule is Cc1cccc(C(=O)N(Cc2ccco2)Cc2cc(NC(=O)C3CC3)ccc2N(C)C)c1. The lowest BCUT2D eigenvalue weighted by Gasteiger charge is -2.26. The third kappa shape index (κ3) is 5.19. The van der Waals surface area contributed by atoms with Gasteiger partial charge in [-0.2, -0.15) is 0 Å². The van der Waals surface area contributed by atoms with Gasteiger partial charge in [0.2, 0.25) is 5.91 Å². The van der Waals surface area contributed by atoms with E-state index in [9.17, 15) is 9.59 Å². The molecular weight excluding hydrogens is 402 g/mol. The highest BCUT2D eigenvalue weighted by molar-refractivity contribution is 5.95. The summed E-state index contributed by atoms with van der Waals surface area (Å²) in [6, 6.07) is 17.2. The molecule has 0 bridgehead atoms. The number of nitrogens with zero attached hydrogens (tertiary/aromatic N) is 2. The molecule has 0 spiro atoms. The average Bonchev–Trinajstić information content (AvgIpc) is 3.50. The number of furan rings is 1. The van der Waals surface area contributed by atoms with Crippen LogP contribution in [-0.2, 0) is 17.9 Å². The van der Waals surface area contributed by atoms with Crippen molar-refractivity contribution in [2.24, 2.45) is 5.92 Å². The fraction of sp³-hybridized carbons (Fsp3) is 0.308. The maximum absolute atomic E-state index is 13.5. The van der Waals surface area contributed by atoms with Gasteiger partial charge in [-0.25, -0.2) is 0 Å². The van der Waals surface area contributed by atoms with Gasteiger partial charge < -0.3 is 19.5 Å². The fourth-order valence-corrected chi connectivity index (χ4v) is 3.77. The summed E-state index contributed by atoms with van der Waals surface area (Å²) in [5.41, 5.74) is 4.38. The van der Waals surface area contributed by atoms with E-state index in [1.165, 1.54) is 0 Å². The monoisotopic (exact) mass is 431 g/mol. The van der Waals surface area contributed by atoms with Gasteiger partial charge >= 0.3 is 0 Å². The van der Waals surface area contributed by atoms with Gasteiger partial charge in [0.1, 0.15) is 5.76 Å². The van der Waals surface area contributed by atoms with Crippen LogP contribution in [0, 0.1) is 12.8 Å². The van der Waals surface area contributed by atoms with Crippen molar-refractivity contribution in [3.05, 3.63) is 83.3 Å². The highest BCUT2D eigenvalue weighted by Gasteiger charge is 2.29. The minimum Gasteiger partial charge on any atom is -0.467 e. The van der Waals surface area contributed by atoms with Crippen LogP contribution in [0.15, 0.2) is 65.3 Å². The summed E-state index contributed by atoms with van der Waals surface area (Å²) in [6.45, 7) is 2.71. The van der Waals surface area contributed by atoms with Crippen molar-refractivity contribution in [1.82, 2.24) is 4.90 Å². The molecular formula is C26H29N3O3. The summed E-state index contributed by atoms with van der Waals surface area (Å²) in [5.74, 6) is 0.847. The molecule has 166 valence electrons. The quantitative estimate of drug-likeness (QED) is 0.554. The first-order chi connectivity index (χ1) is 15.4. The molecule has 3 aromatic rings. The first-order valence-corrected chi connectivity index (χ1v) is 10.9.